The van der Waals surface area contributed by atoms with Crippen molar-refractivity contribution in [2.45, 2.75) is 58.0 Å². The maximum absolute atomic E-state index is 12.8. The Bertz CT molecular complexity index is 820. The molecule has 0 radical (unpaired) electrons. The molecule has 1 spiro atoms. The van der Waals surface area contributed by atoms with Crippen LogP contribution in [0.3, 0.4) is 0 Å². The van der Waals surface area contributed by atoms with Crippen molar-refractivity contribution in [2.75, 3.05) is 18.5 Å². The summed E-state index contributed by atoms with van der Waals surface area (Å²) in [4.78, 5) is 50.2. The predicted octanol–water partition coefficient (Wildman–Crippen LogP) is 1.45. The Labute approximate surface area is 168 Å². The first-order chi connectivity index (χ1) is 13.7. The topological polar surface area (TPSA) is 123 Å². The monoisotopic (exact) mass is 405 g/mol. The third kappa shape index (κ3) is 4.10. The zero-order valence-electron chi connectivity index (χ0n) is 16.9. The third-order valence-corrected chi connectivity index (χ3v) is 5.58. The van der Waals surface area contributed by atoms with E-state index in [1.807, 2.05) is 20.8 Å². The minimum atomic E-state index is -0.928. The lowest BCUT2D eigenvalue weighted by Gasteiger charge is -2.36. The average Bonchev–Trinajstić information content (AvgIpc) is 3.22. The highest BCUT2D eigenvalue weighted by Crippen LogP contribution is 2.38. The van der Waals surface area contributed by atoms with E-state index in [-0.39, 0.29) is 12.0 Å². The molecular formula is C19H27N5O5. The van der Waals surface area contributed by atoms with Crippen molar-refractivity contribution in [1.29, 1.82) is 0 Å². The van der Waals surface area contributed by atoms with Gasteiger partial charge in [0, 0.05) is 12.1 Å². The summed E-state index contributed by atoms with van der Waals surface area (Å²) in [5, 5.41) is 9.49. The number of nitrogens with one attached hydrogen (secondary N) is 2. The van der Waals surface area contributed by atoms with E-state index in [9.17, 15) is 19.2 Å². The van der Waals surface area contributed by atoms with Crippen LogP contribution in [0.1, 0.15) is 52.5 Å². The van der Waals surface area contributed by atoms with Gasteiger partial charge in [-0.1, -0.05) is 19.8 Å². The Hall–Kier alpha value is -2.91. The Morgan fingerprint density at radius 1 is 1.38 bits per heavy atom. The van der Waals surface area contributed by atoms with Gasteiger partial charge in [-0.2, -0.15) is 5.10 Å². The van der Waals surface area contributed by atoms with E-state index in [1.165, 1.54) is 0 Å². The van der Waals surface area contributed by atoms with Crippen LogP contribution in [0.4, 0.5) is 10.6 Å². The molecular weight excluding hydrogens is 378 g/mol. The fraction of sp³-hybridized carbons (Fsp3) is 0.632. The van der Waals surface area contributed by atoms with Crippen LogP contribution in [-0.4, -0.2) is 57.2 Å². The number of esters is 1. The van der Waals surface area contributed by atoms with Crippen molar-refractivity contribution in [3.05, 3.63) is 12.3 Å². The van der Waals surface area contributed by atoms with Crippen LogP contribution in [0, 0.1) is 5.92 Å². The number of ether oxygens (including phenoxy) is 1. The Morgan fingerprint density at radius 3 is 2.83 bits per heavy atom. The first-order valence-electron chi connectivity index (χ1n) is 9.87. The van der Waals surface area contributed by atoms with Crippen LogP contribution >= 0.6 is 0 Å². The maximum atomic E-state index is 12.8. The van der Waals surface area contributed by atoms with Crippen LogP contribution in [0.25, 0.3) is 0 Å². The summed E-state index contributed by atoms with van der Waals surface area (Å²) in [5.41, 5.74) is -0.928. The van der Waals surface area contributed by atoms with Crippen molar-refractivity contribution in [1.82, 2.24) is 20.0 Å². The minimum Gasteiger partial charge on any atom is -0.454 e. The summed E-state index contributed by atoms with van der Waals surface area (Å²) >= 11 is 0. The van der Waals surface area contributed by atoms with Gasteiger partial charge in [0.25, 0.3) is 11.8 Å². The van der Waals surface area contributed by atoms with Gasteiger partial charge in [0.2, 0.25) is 0 Å². The van der Waals surface area contributed by atoms with E-state index in [0.717, 1.165) is 24.2 Å². The fourth-order valence-electron chi connectivity index (χ4n) is 3.96. The van der Waals surface area contributed by atoms with Gasteiger partial charge in [-0.25, -0.2) is 9.48 Å². The van der Waals surface area contributed by atoms with Crippen LogP contribution in [-0.2, 0) is 19.1 Å². The molecule has 2 aliphatic rings. The first-order valence-corrected chi connectivity index (χ1v) is 9.87. The van der Waals surface area contributed by atoms with E-state index < -0.39 is 42.5 Å². The zero-order chi connectivity index (χ0) is 21.2. The Morgan fingerprint density at radius 2 is 2.14 bits per heavy atom. The second-order valence-corrected chi connectivity index (χ2v) is 7.90. The van der Waals surface area contributed by atoms with Crippen molar-refractivity contribution in [2.24, 2.45) is 5.92 Å². The van der Waals surface area contributed by atoms with Gasteiger partial charge >= 0.3 is 12.0 Å². The van der Waals surface area contributed by atoms with Gasteiger partial charge in [0.1, 0.15) is 17.9 Å². The fourth-order valence-corrected chi connectivity index (χ4v) is 3.96. The molecule has 4 amide bonds. The molecule has 2 heterocycles. The molecule has 158 valence electrons. The molecule has 0 aromatic carbocycles. The summed E-state index contributed by atoms with van der Waals surface area (Å²) in [6.07, 6.45) is 4.83. The Balaban J connectivity index is 1.53. The van der Waals surface area contributed by atoms with E-state index in [2.05, 4.69) is 15.7 Å². The van der Waals surface area contributed by atoms with Crippen molar-refractivity contribution in [3.63, 3.8) is 0 Å². The molecule has 0 bridgehead atoms. The SMILES string of the molecule is CC(C)n1nccc1NC(=O)COC(=O)CN1C(=O)N[C@@]2(CCCC[C@H]2C)C1=O. The van der Waals surface area contributed by atoms with Crippen LogP contribution in [0.5, 0.6) is 0 Å². The summed E-state index contributed by atoms with van der Waals surface area (Å²) in [6, 6.07) is 1.10. The highest BCUT2D eigenvalue weighted by Gasteiger charge is 2.55. The molecule has 10 heteroatoms. The number of urea groups is 1. The minimum absolute atomic E-state index is 0.00491. The van der Waals surface area contributed by atoms with E-state index in [1.54, 1.807) is 16.9 Å². The number of amides is 4. The van der Waals surface area contributed by atoms with Crippen LogP contribution in [0.15, 0.2) is 12.3 Å². The quantitative estimate of drug-likeness (QED) is 0.545. The molecule has 3 rings (SSSR count). The number of carbonyl (C=O) groups excluding carboxylic acids is 4. The standard InChI is InChI=1S/C19H27N5O5/c1-12(2)24-14(7-9-20-24)21-15(25)11-29-16(26)10-23-17(27)19(22-18(23)28)8-5-4-6-13(19)3/h7,9,12-13H,4-6,8,10-11H2,1-3H3,(H,21,25)(H,22,28)/t13-,19-/m1/s1. The number of rotatable bonds is 6. The third-order valence-electron chi connectivity index (χ3n) is 5.58. The molecule has 0 unspecified atom stereocenters. The summed E-state index contributed by atoms with van der Waals surface area (Å²) in [5.74, 6) is -1.25. The van der Waals surface area contributed by atoms with Crippen LogP contribution in [0.2, 0.25) is 0 Å². The van der Waals surface area contributed by atoms with E-state index in [4.69, 9.17) is 4.74 Å². The number of aromatic nitrogens is 2. The molecule has 1 aliphatic carbocycles. The summed E-state index contributed by atoms with van der Waals surface area (Å²) in [6.45, 7) is 4.73. The van der Waals surface area contributed by atoms with E-state index >= 15 is 0 Å². The lowest BCUT2D eigenvalue weighted by atomic mass is 9.73. The molecule has 1 aromatic rings. The number of imide groups is 1. The largest absolute Gasteiger partial charge is 0.454 e. The second-order valence-electron chi connectivity index (χ2n) is 7.90. The molecule has 1 aliphatic heterocycles. The normalized spacial score (nSPS) is 24.1. The number of anilines is 1. The number of hydrogen-bond donors (Lipinski definition) is 2. The molecule has 1 aromatic heterocycles. The van der Waals surface area contributed by atoms with Gasteiger partial charge in [0.15, 0.2) is 6.61 Å². The molecule has 29 heavy (non-hydrogen) atoms. The van der Waals surface area contributed by atoms with Gasteiger partial charge in [-0.05, 0) is 32.6 Å². The lowest BCUT2D eigenvalue weighted by Crippen LogP contribution is -2.54. The highest BCUT2D eigenvalue weighted by molar-refractivity contribution is 6.09. The van der Waals surface area contributed by atoms with E-state index in [0.29, 0.717) is 12.2 Å². The van der Waals surface area contributed by atoms with Gasteiger partial charge in [-0.15, -0.1) is 0 Å². The predicted molar refractivity (Wildman–Crippen MR) is 103 cm³/mol. The maximum Gasteiger partial charge on any atom is 0.326 e. The molecule has 1 saturated carbocycles. The highest BCUT2D eigenvalue weighted by atomic mass is 16.5. The number of hydrogen-bond acceptors (Lipinski definition) is 6. The second kappa shape index (κ2) is 8.22. The lowest BCUT2D eigenvalue weighted by molar-refractivity contribution is -0.150. The molecule has 2 fully saturated rings. The molecule has 2 N–H and O–H groups in total. The smallest absolute Gasteiger partial charge is 0.326 e. The van der Waals surface area contributed by atoms with Crippen molar-refractivity contribution in [3.8, 4) is 0 Å². The van der Waals surface area contributed by atoms with Crippen molar-refractivity contribution < 1.29 is 23.9 Å². The first kappa shape index (κ1) is 20.8. The van der Waals surface area contributed by atoms with Crippen molar-refractivity contribution >= 4 is 29.6 Å². The van der Waals surface area contributed by atoms with Gasteiger partial charge in [-0.3, -0.25) is 19.3 Å². The van der Waals surface area contributed by atoms with Crippen LogP contribution < -0.4 is 10.6 Å². The Kier molecular flexibility index (Phi) is 5.90. The molecule has 1 saturated heterocycles. The molecule has 2 atom stereocenters. The number of nitrogens with zero attached hydrogens (tertiary/aromatic N) is 3. The summed E-state index contributed by atoms with van der Waals surface area (Å²) in [7, 11) is 0. The van der Waals surface area contributed by atoms with Gasteiger partial charge < -0.3 is 15.4 Å². The zero-order valence-corrected chi connectivity index (χ0v) is 16.9. The average molecular weight is 405 g/mol. The number of carbonyl (C=O) groups is 4. The molecule has 10 nitrogen and oxygen atoms in total. The van der Waals surface area contributed by atoms with Gasteiger partial charge in [0.05, 0.1) is 6.20 Å². The summed E-state index contributed by atoms with van der Waals surface area (Å²) < 4.78 is 6.58.